The van der Waals surface area contributed by atoms with Crippen LogP contribution in [0.25, 0.3) is 11.3 Å². The predicted octanol–water partition coefficient (Wildman–Crippen LogP) is 2.31. The summed E-state index contributed by atoms with van der Waals surface area (Å²) in [6.07, 6.45) is 4.63. The summed E-state index contributed by atoms with van der Waals surface area (Å²) in [5, 5.41) is 2.64. The van der Waals surface area contributed by atoms with Gasteiger partial charge < -0.3 is 5.32 Å². The summed E-state index contributed by atoms with van der Waals surface area (Å²) in [5.74, 6) is -0.742. The van der Waals surface area contributed by atoms with Crippen molar-refractivity contribution < 1.29 is 18.0 Å². The molecule has 29 heavy (non-hydrogen) atoms. The smallest absolute Gasteiger partial charge is 0.267 e. The largest absolute Gasteiger partial charge is 0.324 e. The molecule has 1 aliphatic rings. The Morgan fingerprint density at radius 1 is 1.10 bits per heavy atom. The number of carbonyl (C=O) groups is 2. The van der Waals surface area contributed by atoms with Crippen LogP contribution in [0.3, 0.4) is 0 Å². The molecule has 3 aromatic rings. The summed E-state index contributed by atoms with van der Waals surface area (Å²) in [4.78, 5) is 33.1. The molecule has 0 aliphatic carbocycles. The maximum atomic E-state index is 12.7. The number of nitrogens with one attached hydrogen (secondary N) is 2. The van der Waals surface area contributed by atoms with Crippen LogP contribution >= 0.6 is 11.8 Å². The van der Waals surface area contributed by atoms with Gasteiger partial charge in [0.2, 0.25) is 5.91 Å². The van der Waals surface area contributed by atoms with Gasteiger partial charge in [-0.1, -0.05) is 0 Å². The fourth-order valence-corrected chi connectivity index (χ4v) is 4.57. The van der Waals surface area contributed by atoms with Gasteiger partial charge in [0.1, 0.15) is 0 Å². The zero-order valence-corrected chi connectivity index (χ0v) is 16.5. The average molecular weight is 426 g/mol. The van der Waals surface area contributed by atoms with Gasteiger partial charge in [-0.15, -0.1) is 11.8 Å². The second-order valence-electron chi connectivity index (χ2n) is 6.06. The monoisotopic (exact) mass is 426 g/mol. The quantitative estimate of drug-likeness (QED) is 0.657. The van der Waals surface area contributed by atoms with Crippen LogP contribution in [0.4, 0.5) is 5.69 Å². The Hall–Kier alpha value is -3.24. The minimum atomic E-state index is -4.16. The van der Waals surface area contributed by atoms with Crippen LogP contribution in [0, 0.1) is 0 Å². The third-order valence-electron chi connectivity index (χ3n) is 4.13. The van der Waals surface area contributed by atoms with Crippen LogP contribution in [-0.4, -0.2) is 36.0 Å². The predicted molar refractivity (Wildman–Crippen MR) is 108 cm³/mol. The van der Waals surface area contributed by atoms with Crippen molar-refractivity contribution in [1.29, 1.82) is 0 Å². The molecule has 10 heteroatoms. The Labute approximate surface area is 170 Å². The summed E-state index contributed by atoms with van der Waals surface area (Å²) in [6, 6.07) is 10.7. The molecular formula is C19H14N4O4S2. The first kappa shape index (κ1) is 19.1. The van der Waals surface area contributed by atoms with E-state index in [1.54, 1.807) is 36.7 Å². The van der Waals surface area contributed by atoms with E-state index in [0.717, 1.165) is 4.90 Å². The molecule has 2 N–H and O–H groups in total. The summed E-state index contributed by atoms with van der Waals surface area (Å²) >= 11 is 1.32. The number of hydrogen-bond acceptors (Lipinski definition) is 7. The number of anilines is 1. The standard InChI is InChI=1S/C19H14N4O4S2/c24-17-11-28-16-4-3-13(10-15(16)22-17)29(26,27)23-19(25)14-2-1-7-21-18(14)12-5-8-20-9-6-12/h1-10H,11H2,(H,22,24)(H,23,25). The molecule has 0 saturated carbocycles. The third kappa shape index (κ3) is 3.98. The second-order valence-corrected chi connectivity index (χ2v) is 8.76. The van der Waals surface area contributed by atoms with Crippen molar-refractivity contribution in [2.75, 3.05) is 11.1 Å². The molecule has 0 atom stereocenters. The number of amides is 2. The lowest BCUT2D eigenvalue weighted by Gasteiger charge is -2.17. The van der Waals surface area contributed by atoms with Gasteiger partial charge in [0, 0.05) is 29.0 Å². The highest BCUT2D eigenvalue weighted by Gasteiger charge is 2.24. The number of sulfonamides is 1. The molecule has 4 rings (SSSR count). The van der Waals surface area contributed by atoms with Crippen LogP contribution in [0.1, 0.15) is 10.4 Å². The van der Waals surface area contributed by atoms with Gasteiger partial charge in [0.05, 0.1) is 27.6 Å². The van der Waals surface area contributed by atoms with E-state index in [2.05, 4.69) is 20.0 Å². The second kappa shape index (κ2) is 7.64. The van der Waals surface area contributed by atoms with Crippen molar-refractivity contribution in [3.05, 3.63) is 66.6 Å². The minimum Gasteiger partial charge on any atom is -0.324 e. The molecule has 0 radical (unpaired) electrons. The zero-order chi connectivity index (χ0) is 20.4. The maximum Gasteiger partial charge on any atom is 0.267 e. The normalized spacial score (nSPS) is 13.3. The van der Waals surface area contributed by atoms with Crippen molar-refractivity contribution in [2.45, 2.75) is 9.79 Å². The Kier molecular flexibility index (Phi) is 5.03. The Balaban J connectivity index is 1.64. The number of fused-ring (bicyclic) bond motifs is 1. The van der Waals surface area contributed by atoms with Gasteiger partial charge >= 0.3 is 0 Å². The number of pyridine rings is 2. The molecule has 0 saturated heterocycles. The van der Waals surface area contributed by atoms with E-state index in [9.17, 15) is 18.0 Å². The van der Waals surface area contributed by atoms with E-state index >= 15 is 0 Å². The van der Waals surface area contributed by atoms with Crippen LogP contribution in [0.2, 0.25) is 0 Å². The number of thioether (sulfide) groups is 1. The highest BCUT2D eigenvalue weighted by Crippen LogP contribution is 2.33. The zero-order valence-electron chi connectivity index (χ0n) is 14.8. The topological polar surface area (TPSA) is 118 Å². The first-order valence-electron chi connectivity index (χ1n) is 8.43. The molecular weight excluding hydrogens is 412 g/mol. The molecule has 0 bridgehead atoms. The average Bonchev–Trinajstić information content (AvgIpc) is 2.73. The van der Waals surface area contributed by atoms with E-state index in [1.807, 2.05) is 0 Å². The number of aromatic nitrogens is 2. The van der Waals surface area contributed by atoms with E-state index < -0.39 is 15.9 Å². The number of benzene rings is 1. The SMILES string of the molecule is O=C1CSc2ccc(S(=O)(=O)NC(=O)c3cccnc3-c3ccncc3)cc2N1. The van der Waals surface area contributed by atoms with Crippen LogP contribution < -0.4 is 10.0 Å². The van der Waals surface area contributed by atoms with E-state index in [4.69, 9.17) is 0 Å². The van der Waals surface area contributed by atoms with E-state index in [1.165, 1.54) is 36.2 Å². The van der Waals surface area contributed by atoms with Gasteiger partial charge in [0.25, 0.3) is 15.9 Å². The van der Waals surface area contributed by atoms with Gasteiger partial charge in [-0.2, -0.15) is 0 Å². The molecule has 0 fully saturated rings. The highest BCUT2D eigenvalue weighted by atomic mass is 32.2. The first-order valence-corrected chi connectivity index (χ1v) is 10.9. The lowest BCUT2D eigenvalue weighted by molar-refractivity contribution is -0.113. The summed E-state index contributed by atoms with van der Waals surface area (Å²) < 4.78 is 27.6. The van der Waals surface area contributed by atoms with E-state index in [0.29, 0.717) is 16.9 Å². The van der Waals surface area contributed by atoms with Gasteiger partial charge in [-0.25, -0.2) is 13.1 Å². The number of nitrogens with zero attached hydrogens (tertiary/aromatic N) is 2. The lowest BCUT2D eigenvalue weighted by atomic mass is 10.1. The van der Waals surface area contributed by atoms with Crippen molar-refractivity contribution in [2.24, 2.45) is 0 Å². The molecule has 3 heterocycles. The van der Waals surface area contributed by atoms with Gasteiger partial charge in [-0.3, -0.25) is 19.6 Å². The van der Waals surface area contributed by atoms with Crippen molar-refractivity contribution in [3.8, 4) is 11.3 Å². The Morgan fingerprint density at radius 3 is 2.69 bits per heavy atom. The summed E-state index contributed by atoms with van der Waals surface area (Å²) in [7, 11) is -4.16. The molecule has 8 nitrogen and oxygen atoms in total. The molecule has 2 amide bonds. The Morgan fingerprint density at radius 2 is 1.90 bits per heavy atom. The minimum absolute atomic E-state index is 0.115. The summed E-state index contributed by atoms with van der Waals surface area (Å²) in [5.41, 5.74) is 1.50. The molecule has 146 valence electrons. The van der Waals surface area contributed by atoms with Crippen LogP contribution in [-0.2, 0) is 14.8 Å². The molecule has 1 aromatic carbocycles. The molecule has 0 unspecified atom stereocenters. The van der Waals surface area contributed by atoms with Crippen molar-refractivity contribution in [3.63, 3.8) is 0 Å². The summed E-state index contributed by atoms with van der Waals surface area (Å²) in [6.45, 7) is 0. The highest BCUT2D eigenvalue weighted by molar-refractivity contribution is 8.00. The van der Waals surface area contributed by atoms with Gasteiger partial charge in [0.15, 0.2) is 0 Å². The number of hydrogen-bond donors (Lipinski definition) is 2. The molecule has 1 aliphatic heterocycles. The van der Waals surface area contributed by atoms with Crippen molar-refractivity contribution >= 4 is 39.3 Å². The molecule has 0 spiro atoms. The fraction of sp³-hybridized carbons (Fsp3) is 0.0526. The van der Waals surface area contributed by atoms with Crippen molar-refractivity contribution in [1.82, 2.24) is 14.7 Å². The van der Waals surface area contributed by atoms with Crippen LogP contribution in [0.15, 0.2) is 70.8 Å². The fourth-order valence-electron chi connectivity index (χ4n) is 2.79. The van der Waals surface area contributed by atoms with Gasteiger partial charge in [-0.05, 0) is 42.5 Å². The van der Waals surface area contributed by atoms with Crippen LogP contribution in [0.5, 0.6) is 0 Å². The first-order chi connectivity index (χ1) is 13.9. The number of rotatable bonds is 4. The van der Waals surface area contributed by atoms with E-state index in [-0.39, 0.29) is 22.1 Å². The maximum absolute atomic E-state index is 12.7. The molecule has 2 aromatic heterocycles. The Bertz CT molecular complexity index is 1210. The number of carbonyl (C=O) groups excluding carboxylic acids is 2. The lowest BCUT2D eigenvalue weighted by Crippen LogP contribution is -2.31. The third-order valence-corrected chi connectivity index (χ3v) is 6.53.